The second kappa shape index (κ2) is 58.4. The molecule has 12 heteroatoms. The van der Waals surface area contributed by atoms with Crippen LogP contribution in [0.2, 0.25) is 0 Å². The molecule has 0 aromatic heterocycles. The van der Waals surface area contributed by atoms with E-state index in [1.807, 2.05) is 0 Å². The van der Waals surface area contributed by atoms with Crippen LogP contribution in [0.4, 0.5) is 0 Å². The quantitative estimate of drug-likeness (QED) is 0.0396. The van der Waals surface area contributed by atoms with Gasteiger partial charge in [-0.25, -0.2) is 0 Å². The smallest absolute Gasteiger partial charge is 0.306 e. The van der Waals surface area contributed by atoms with Crippen molar-refractivity contribution in [3.8, 4) is 0 Å². The number of carbonyl (C=O) groups excluding carboxylic acids is 4. The Morgan fingerprint density at radius 3 is 1.19 bits per heavy atom. The van der Waals surface area contributed by atoms with Crippen molar-refractivity contribution in [2.24, 2.45) is 5.73 Å². The van der Waals surface area contributed by atoms with E-state index in [1.165, 1.54) is 204 Å². The molecule has 0 saturated carbocycles. The first-order chi connectivity index (χ1) is 35.4. The fourth-order valence-electron chi connectivity index (χ4n) is 9.04. The Morgan fingerprint density at radius 2 is 0.792 bits per heavy atom. The molecule has 0 aliphatic rings. The van der Waals surface area contributed by atoms with Gasteiger partial charge in [-0.15, -0.1) is 0 Å². The summed E-state index contributed by atoms with van der Waals surface area (Å²) in [5, 5.41) is 5.91. The molecule has 0 aliphatic heterocycles. The molecule has 0 heterocycles. The summed E-state index contributed by atoms with van der Waals surface area (Å²) in [6.45, 7) is 9.11. The van der Waals surface area contributed by atoms with E-state index < -0.39 is 12.1 Å². The molecule has 0 fully saturated rings. The lowest BCUT2D eigenvalue weighted by atomic mass is 10.0. The third kappa shape index (κ3) is 53.0. The van der Waals surface area contributed by atoms with Gasteiger partial charge in [0.1, 0.15) is 18.8 Å². The first kappa shape index (κ1) is 70.1. The Labute approximate surface area is 448 Å². The highest BCUT2D eigenvalue weighted by Gasteiger charge is 2.23. The van der Waals surface area contributed by atoms with Gasteiger partial charge in [0.15, 0.2) is 0 Å². The van der Waals surface area contributed by atoms with Crippen LogP contribution in [0.25, 0.3) is 0 Å². The summed E-state index contributed by atoms with van der Waals surface area (Å²) < 4.78 is 22.6. The molecule has 2 amide bonds. The maximum atomic E-state index is 13.5. The van der Waals surface area contributed by atoms with E-state index in [0.717, 1.165) is 57.8 Å². The lowest BCUT2D eigenvalue weighted by molar-refractivity contribution is -0.157. The number of unbranched alkanes of at least 4 members (excludes halogenated alkanes) is 36. The van der Waals surface area contributed by atoms with Crippen LogP contribution in [0.15, 0.2) is 0 Å². The van der Waals surface area contributed by atoms with Gasteiger partial charge in [0.2, 0.25) is 11.8 Å². The summed E-state index contributed by atoms with van der Waals surface area (Å²) in [4.78, 5) is 52.7. The normalized spacial score (nSPS) is 12.2. The number of nitrogens with one attached hydrogen (secondary N) is 2. The van der Waals surface area contributed by atoms with Gasteiger partial charge in [0.05, 0.1) is 26.4 Å². The standard InChI is InChI=1S/C60H117N3O8S/c1-4-7-10-13-16-19-22-25-28-31-34-37-40-43-57(64)63-56(60(67)62-47-49-69-51-50-68-48-46-61)54-72-53-55(71-59(66)45-42-39-36-33-30-27-24-21-18-15-12-9-6-3)52-70-58(65)44-41-38-35-32-29-26-23-20-17-14-11-8-5-2/h55-56H,4-54,61H2,1-3H3,(H,62,67)(H,63,64)/t55?,56-/m0/s1. The maximum Gasteiger partial charge on any atom is 0.306 e. The first-order valence-corrected chi connectivity index (χ1v) is 31.9. The predicted octanol–water partition coefficient (Wildman–Crippen LogP) is 15.2. The van der Waals surface area contributed by atoms with Crippen LogP contribution in [0.1, 0.15) is 290 Å². The summed E-state index contributed by atoms with van der Waals surface area (Å²) in [6, 6.07) is -0.780. The number of rotatable bonds is 59. The molecule has 0 rings (SSSR count). The van der Waals surface area contributed by atoms with E-state index in [1.54, 1.807) is 0 Å². The second-order valence-electron chi connectivity index (χ2n) is 20.7. The zero-order valence-electron chi connectivity index (χ0n) is 47.5. The molecular formula is C60H117N3O8S. The molecule has 0 aromatic carbocycles. The number of esters is 2. The highest BCUT2D eigenvalue weighted by Crippen LogP contribution is 2.18. The molecule has 426 valence electrons. The summed E-state index contributed by atoms with van der Waals surface area (Å²) in [7, 11) is 0. The number of ether oxygens (including phenoxy) is 4. The molecular weight excluding hydrogens is 923 g/mol. The topological polar surface area (TPSA) is 155 Å². The SMILES string of the molecule is CCCCCCCCCCCCCCCC(=O)N[C@@H](CSCC(COC(=O)CCCCCCCCCCCCCCC)OC(=O)CCCCCCCCCCCCCCC)C(=O)NCCOCCOCCN. The predicted molar refractivity (Wildman–Crippen MR) is 305 cm³/mol. The van der Waals surface area contributed by atoms with Crippen LogP contribution >= 0.6 is 11.8 Å². The Morgan fingerprint density at radius 1 is 0.431 bits per heavy atom. The van der Waals surface area contributed by atoms with Gasteiger partial charge in [-0.05, 0) is 19.3 Å². The minimum absolute atomic E-state index is 0.0246. The van der Waals surface area contributed by atoms with Crippen molar-refractivity contribution in [3.05, 3.63) is 0 Å². The number of thioether (sulfide) groups is 1. The second-order valence-corrected chi connectivity index (χ2v) is 21.8. The van der Waals surface area contributed by atoms with Gasteiger partial charge in [-0.2, -0.15) is 11.8 Å². The minimum atomic E-state index is -0.780. The van der Waals surface area contributed by atoms with Crippen molar-refractivity contribution < 1.29 is 38.1 Å². The van der Waals surface area contributed by atoms with E-state index >= 15 is 0 Å². The van der Waals surface area contributed by atoms with Crippen molar-refractivity contribution in [3.63, 3.8) is 0 Å². The number of hydrogen-bond donors (Lipinski definition) is 3. The van der Waals surface area contributed by atoms with Crippen molar-refractivity contribution in [1.82, 2.24) is 10.6 Å². The van der Waals surface area contributed by atoms with Crippen LogP contribution in [0.5, 0.6) is 0 Å². The fraction of sp³-hybridized carbons (Fsp3) is 0.933. The van der Waals surface area contributed by atoms with Crippen LogP contribution < -0.4 is 16.4 Å². The van der Waals surface area contributed by atoms with Crippen molar-refractivity contribution >= 4 is 35.5 Å². The molecule has 0 aliphatic carbocycles. The first-order valence-electron chi connectivity index (χ1n) is 30.7. The molecule has 4 N–H and O–H groups in total. The lowest BCUT2D eigenvalue weighted by Gasteiger charge is -2.21. The number of nitrogens with two attached hydrogens (primary N) is 1. The van der Waals surface area contributed by atoms with Gasteiger partial charge in [0, 0.05) is 43.9 Å². The Bertz CT molecular complexity index is 1180. The summed E-state index contributed by atoms with van der Waals surface area (Å²) >= 11 is 1.42. The Balaban J connectivity index is 5.12. The van der Waals surface area contributed by atoms with Crippen LogP contribution in [-0.4, -0.2) is 93.5 Å². The zero-order valence-corrected chi connectivity index (χ0v) is 48.3. The van der Waals surface area contributed by atoms with Gasteiger partial charge in [0.25, 0.3) is 0 Å². The molecule has 2 atom stereocenters. The fourth-order valence-corrected chi connectivity index (χ4v) is 10.1. The summed E-state index contributed by atoms with van der Waals surface area (Å²) in [6.07, 6.45) is 48.5. The van der Waals surface area contributed by atoms with Crippen LogP contribution in [0, 0.1) is 0 Å². The van der Waals surface area contributed by atoms with Gasteiger partial charge in [-0.3, -0.25) is 19.2 Å². The van der Waals surface area contributed by atoms with E-state index in [2.05, 4.69) is 31.4 Å². The average Bonchev–Trinajstić information content (AvgIpc) is 3.37. The third-order valence-corrected chi connectivity index (χ3v) is 14.8. The van der Waals surface area contributed by atoms with Gasteiger partial charge >= 0.3 is 11.9 Å². The van der Waals surface area contributed by atoms with Crippen molar-refractivity contribution in [1.29, 1.82) is 0 Å². The largest absolute Gasteiger partial charge is 0.462 e. The summed E-state index contributed by atoms with van der Waals surface area (Å²) in [5.41, 5.74) is 5.48. The highest BCUT2D eigenvalue weighted by molar-refractivity contribution is 7.99. The van der Waals surface area contributed by atoms with Gasteiger partial charge < -0.3 is 35.3 Å². The van der Waals surface area contributed by atoms with E-state index in [9.17, 15) is 19.2 Å². The summed E-state index contributed by atoms with van der Waals surface area (Å²) in [5.74, 6) is -0.374. The van der Waals surface area contributed by atoms with E-state index in [0.29, 0.717) is 64.5 Å². The average molecular weight is 1040 g/mol. The number of amides is 2. The molecule has 0 saturated heterocycles. The number of carbonyl (C=O) groups is 4. The highest BCUT2D eigenvalue weighted by atomic mass is 32.2. The maximum absolute atomic E-state index is 13.5. The molecule has 0 aromatic rings. The van der Waals surface area contributed by atoms with Crippen LogP contribution in [0.3, 0.4) is 0 Å². The molecule has 1 unspecified atom stereocenters. The van der Waals surface area contributed by atoms with Crippen LogP contribution in [-0.2, 0) is 38.1 Å². The van der Waals surface area contributed by atoms with Crippen molar-refractivity contribution in [2.75, 3.05) is 57.6 Å². The van der Waals surface area contributed by atoms with E-state index in [-0.39, 0.29) is 36.1 Å². The van der Waals surface area contributed by atoms with E-state index in [4.69, 9.17) is 24.7 Å². The molecule has 72 heavy (non-hydrogen) atoms. The third-order valence-electron chi connectivity index (χ3n) is 13.6. The number of hydrogen-bond acceptors (Lipinski definition) is 10. The van der Waals surface area contributed by atoms with Gasteiger partial charge in [-0.1, -0.05) is 252 Å². The lowest BCUT2D eigenvalue weighted by Crippen LogP contribution is -2.49. The molecule has 0 spiro atoms. The molecule has 0 bridgehead atoms. The van der Waals surface area contributed by atoms with Crippen molar-refractivity contribution in [2.45, 2.75) is 303 Å². The minimum Gasteiger partial charge on any atom is -0.462 e. The zero-order chi connectivity index (χ0) is 52.5. The Hall–Kier alpha value is -1.89. The molecule has 11 nitrogen and oxygen atoms in total. The Kier molecular flexibility index (Phi) is 56.8. The monoisotopic (exact) mass is 1040 g/mol. The molecule has 0 radical (unpaired) electrons.